The molecule has 0 aliphatic heterocycles. The Kier molecular flexibility index (Phi) is 6.56. The molecule has 1 aromatic rings. The molecule has 17 heavy (non-hydrogen) atoms. The molecule has 2 atom stereocenters. The standard InChI is InChI=1S/C14H22ClNO/c1-4-14(10-17-3)16-11(2)8-12-6-5-7-13(15)9-12/h5-7,9,11,14,16H,4,8,10H2,1-3H3. The first-order valence-electron chi connectivity index (χ1n) is 6.15. The van der Waals surface area contributed by atoms with Gasteiger partial charge in [-0.1, -0.05) is 30.7 Å². The zero-order valence-corrected chi connectivity index (χ0v) is 11.6. The van der Waals surface area contributed by atoms with E-state index in [2.05, 4.69) is 25.2 Å². The van der Waals surface area contributed by atoms with Crippen molar-refractivity contribution in [3.63, 3.8) is 0 Å². The fourth-order valence-corrected chi connectivity index (χ4v) is 2.18. The molecule has 96 valence electrons. The van der Waals surface area contributed by atoms with Crippen LogP contribution in [0.4, 0.5) is 0 Å². The highest BCUT2D eigenvalue weighted by Gasteiger charge is 2.10. The van der Waals surface area contributed by atoms with E-state index in [4.69, 9.17) is 16.3 Å². The minimum absolute atomic E-state index is 0.425. The highest BCUT2D eigenvalue weighted by atomic mass is 35.5. The maximum atomic E-state index is 5.97. The summed E-state index contributed by atoms with van der Waals surface area (Å²) in [6.45, 7) is 5.12. The highest BCUT2D eigenvalue weighted by Crippen LogP contribution is 2.12. The lowest BCUT2D eigenvalue weighted by Gasteiger charge is -2.21. The van der Waals surface area contributed by atoms with Crippen molar-refractivity contribution >= 4 is 11.6 Å². The zero-order chi connectivity index (χ0) is 12.7. The molecule has 2 nitrogen and oxygen atoms in total. The molecule has 0 radical (unpaired) electrons. The van der Waals surface area contributed by atoms with Crippen LogP contribution >= 0.6 is 11.6 Å². The maximum Gasteiger partial charge on any atom is 0.0615 e. The lowest BCUT2D eigenvalue weighted by molar-refractivity contribution is 0.159. The second kappa shape index (κ2) is 7.70. The monoisotopic (exact) mass is 255 g/mol. The van der Waals surface area contributed by atoms with Gasteiger partial charge in [0.1, 0.15) is 0 Å². The van der Waals surface area contributed by atoms with E-state index in [-0.39, 0.29) is 0 Å². The molecule has 0 spiro atoms. The third-order valence-corrected chi connectivity index (χ3v) is 3.05. The molecule has 3 heteroatoms. The van der Waals surface area contributed by atoms with Crippen molar-refractivity contribution in [2.24, 2.45) is 0 Å². The van der Waals surface area contributed by atoms with Crippen LogP contribution in [0, 0.1) is 0 Å². The Morgan fingerprint density at radius 1 is 1.41 bits per heavy atom. The summed E-state index contributed by atoms with van der Waals surface area (Å²) in [7, 11) is 1.74. The van der Waals surface area contributed by atoms with Crippen molar-refractivity contribution in [2.45, 2.75) is 38.8 Å². The first-order chi connectivity index (χ1) is 8.15. The summed E-state index contributed by atoms with van der Waals surface area (Å²) in [6.07, 6.45) is 2.06. The Balaban J connectivity index is 2.45. The molecule has 1 N–H and O–H groups in total. The Hall–Kier alpha value is -0.570. The molecule has 1 rings (SSSR count). The van der Waals surface area contributed by atoms with E-state index in [1.807, 2.05) is 18.2 Å². The van der Waals surface area contributed by atoms with Gasteiger partial charge in [0, 0.05) is 24.2 Å². The van der Waals surface area contributed by atoms with E-state index in [1.165, 1.54) is 5.56 Å². The van der Waals surface area contributed by atoms with Gasteiger partial charge in [-0.3, -0.25) is 0 Å². The lowest BCUT2D eigenvalue weighted by atomic mass is 10.1. The molecular formula is C14H22ClNO. The first-order valence-corrected chi connectivity index (χ1v) is 6.53. The van der Waals surface area contributed by atoms with Gasteiger partial charge >= 0.3 is 0 Å². The molecule has 2 unspecified atom stereocenters. The average Bonchev–Trinajstić information content (AvgIpc) is 2.28. The SMILES string of the molecule is CCC(COC)NC(C)Cc1cccc(Cl)c1. The van der Waals surface area contributed by atoms with E-state index < -0.39 is 0 Å². The van der Waals surface area contributed by atoms with Gasteiger partial charge in [0.25, 0.3) is 0 Å². The molecule has 0 saturated carbocycles. The van der Waals surface area contributed by atoms with Gasteiger partial charge in [0.15, 0.2) is 0 Å². The second-order valence-corrected chi connectivity index (χ2v) is 4.90. The fraction of sp³-hybridized carbons (Fsp3) is 0.571. The van der Waals surface area contributed by atoms with Gasteiger partial charge in [-0.2, -0.15) is 0 Å². The van der Waals surface area contributed by atoms with Crippen molar-refractivity contribution in [3.8, 4) is 0 Å². The number of hydrogen-bond donors (Lipinski definition) is 1. The van der Waals surface area contributed by atoms with Crippen molar-refractivity contribution in [1.82, 2.24) is 5.32 Å². The molecule has 0 bridgehead atoms. The highest BCUT2D eigenvalue weighted by molar-refractivity contribution is 6.30. The van der Waals surface area contributed by atoms with E-state index in [9.17, 15) is 0 Å². The lowest BCUT2D eigenvalue weighted by Crippen LogP contribution is -2.40. The Morgan fingerprint density at radius 2 is 2.18 bits per heavy atom. The normalized spacial score (nSPS) is 14.6. The molecular weight excluding hydrogens is 234 g/mol. The van der Waals surface area contributed by atoms with Crippen LogP contribution in [0.25, 0.3) is 0 Å². The maximum absolute atomic E-state index is 5.97. The summed E-state index contributed by atoms with van der Waals surface area (Å²) < 4.78 is 5.18. The number of benzene rings is 1. The first kappa shape index (κ1) is 14.5. The molecule has 0 fully saturated rings. The molecule has 0 aliphatic rings. The van der Waals surface area contributed by atoms with Crippen LogP contribution in [0.5, 0.6) is 0 Å². The van der Waals surface area contributed by atoms with E-state index in [0.29, 0.717) is 12.1 Å². The molecule has 0 aromatic heterocycles. The summed E-state index contributed by atoms with van der Waals surface area (Å²) in [4.78, 5) is 0. The van der Waals surface area contributed by atoms with Crippen molar-refractivity contribution in [1.29, 1.82) is 0 Å². The van der Waals surface area contributed by atoms with Crippen LogP contribution < -0.4 is 5.32 Å². The Labute approximate surface area is 109 Å². The number of hydrogen-bond acceptors (Lipinski definition) is 2. The summed E-state index contributed by atoms with van der Waals surface area (Å²) in [6, 6.07) is 8.89. The van der Waals surface area contributed by atoms with Crippen molar-refractivity contribution in [2.75, 3.05) is 13.7 Å². The summed E-state index contributed by atoms with van der Waals surface area (Å²) in [5, 5.41) is 4.37. The van der Waals surface area contributed by atoms with Gasteiger partial charge < -0.3 is 10.1 Å². The van der Waals surface area contributed by atoms with Gasteiger partial charge in [-0.15, -0.1) is 0 Å². The second-order valence-electron chi connectivity index (χ2n) is 4.46. The van der Waals surface area contributed by atoms with Crippen LogP contribution in [0.3, 0.4) is 0 Å². The summed E-state index contributed by atoms with van der Waals surface area (Å²) >= 11 is 5.97. The van der Waals surface area contributed by atoms with Crippen LogP contribution in [0.15, 0.2) is 24.3 Å². The third-order valence-electron chi connectivity index (χ3n) is 2.81. The molecule has 0 amide bonds. The molecule has 1 aromatic carbocycles. The van der Waals surface area contributed by atoms with Crippen LogP contribution in [0.1, 0.15) is 25.8 Å². The number of halogens is 1. The zero-order valence-electron chi connectivity index (χ0n) is 10.9. The smallest absolute Gasteiger partial charge is 0.0615 e. The predicted octanol–water partition coefficient (Wildman–Crippen LogP) is 3.29. The van der Waals surface area contributed by atoms with Crippen LogP contribution in [-0.4, -0.2) is 25.8 Å². The van der Waals surface area contributed by atoms with Crippen LogP contribution in [-0.2, 0) is 11.2 Å². The van der Waals surface area contributed by atoms with Gasteiger partial charge in [0.05, 0.1) is 6.61 Å². The number of rotatable bonds is 7. The van der Waals surface area contributed by atoms with E-state index in [0.717, 1.165) is 24.5 Å². The minimum Gasteiger partial charge on any atom is -0.383 e. The van der Waals surface area contributed by atoms with Crippen molar-refractivity contribution in [3.05, 3.63) is 34.9 Å². The van der Waals surface area contributed by atoms with Crippen LogP contribution in [0.2, 0.25) is 5.02 Å². The molecule has 0 aliphatic carbocycles. The van der Waals surface area contributed by atoms with E-state index >= 15 is 0 Å². The fourth-order valence-electron chi connectivity index (χ4n) is 1.96. The summed E-state index contributed by atoms with van der Waals surface area (Å²) in [5.74, 6) is 0. The third kappa shape index (κ3) is 5.53. The largest absolute Gasteiger partial charge is 0.383 e. The average molecular weight is 256 g/mol. The van der Waals surface area contributed by atoms with Crippen molar-refractivity contribution < 1.29 is 4.74 Å². The molecule has 0 heterocycles. The van der Waals surface area contributed by atoms with E-state index in [1.54, 1.807) is 7.11 Å². The minimum atomic E-state index is 0.425. The molecule has 0 saturated heterocycles. The topological polar surface area (TPSA) is 21.3 Å². The number of methoxy groups -OCH3 is 1. The Morgan fingerprint density at radius 3 is 2.76 bits per heavy atom. The Bertz CT molecular complexity index is 330. The quantitative estimate of drug-likeness (QED) is 0.807. The number of ether oxygens (including phenoxy) is 1. The van der Waals surface area contributed by atoms with Gasteiger partial charge in [-0.25, -0.2) is 0 Å². The van der Waals surface area contributed by atoms with Gasteiger partial charge in [0.2, 0.25) is 0 Å². The summed E-state index contributed by atoms with van der Waals surface area (Å²) in [5.41, 5.74) is 1.27. The predicted molar refractivity (Wildman–Crippen MR) is 73.7 cm³/mol. The number of nitrogens with one attached hydrogen (secondary N) is 1. The van der Waals surface area contributed by atoms with Gasteiger partial charge in [-0.05, 0) is 37.5 Å².